The van der Waals surface area contributed by atoms with Crippen LogP contribution < -0.4 is 0 Å². The molecule has 0 amide bonds. The van der Waals surface area contributed by atoms with E-state index in [-0.39, 0.29) is 0 Å². The maximum atomic E-state index is 2.89. The van der Waals surface area contributed by atoms with Gasteiger partial charge in [0.15, 0.2) is 0 Å². The molecule has 5 saturated carbocycles. The molecular weight excluding hydrogens is 468 g/mol. The molecule has 226 valence electrons. The number of fused-ring (bicyclic) bond motifs is 3. The van der Waals surface area contributed by atoms with E-state index in [1.54, 1.807) is 6.42 Å². The van der Waals surface area contributed by atoms with E-state index >= 15 is 0 Å². The van der Waals surface area contributed by atoms with Crippen LogP contribution in [0.5, 0.6) is 0 Å². The van der Waals surface area contributed by atoms with Crippen LogP contribution in [0.1, 0.15) is 147 Å². The first-order valence-corrected chi connectivity index (χ1v) is 18.2. The van der Waals surface area contributed by atoms with Crippen LogP contribution in [0.3, 0.4) is 0 Å². The smallest absolute Gasteiger partial charge is 0.0215 e. The highest BCUT2D eigenvalue weighted by Gasteiger charge is 2.70. The van der Waals surface area contributed by atoms with Gasteiger partial charge >= 0.3 is 0 Å². The lowest BCUT2D eigenvalue weighted by atomic mass is 9.30. The normalized spacial score (nSPS) is 56.2. The van der Waals surface area contributed by atoms with Crippen LogP contribution in [-0.4, -0.2) is 0 Å². The number of hydrogen-bond donors (Lipinski definition) is 0. The van der Waals surface area contributed by atoms with Gasteiger partial charge in [-0.2, -0.15) is 0 Å². The van der Waals surface area contributed by atoms with Gasteiger partial charge in [0.2, 0.25) is 0 Å². The Balaban J connectivity index is 1.54. The summed E-state index contributed by atoms with van der Waals surface area (Å²) >= 11 is 0. The fraction of sp³-hybridized carbons (Fsp3) is 1.00. The molecular formula is C39H70. The lowest BCUT2D eigenvalue weighted by Crippen LogP contribution is -2.68. The molecule has 0 aromatic rings. The van der Waals surface area contributed by atoms with Crippen molar-refractivity contribution in [3.8, 4) is 0 Å². The maximum absolute atomic E-state index is 2.89. The monoisotopic (exact) mass is 539 g/mol. The zero-order chi connectivity index (χ0) is 28.7. The van der Waals surface area contributed by atoms with E-state index in [0.717, 1.165) is 82.9 Å². The Morgan fingerprint density at radius 2 is 1.36 bits per heavy atom. The molecule has 0 heteroatoms. The Hall–Kier alpha value is 0. The second-order valence-electron chi connectivity index (χ2n) is 18.5. The molecule has 0 aromatic carbocycles. The van der Waals surface area contributed by atoms with Crippen molar-refractivity contribution in [2.45, 2.75) is 147 Å². The first-order chi connectivity index (χ1) is 18.2. The van der Waals surface area contributed by atoms with E-state index in [1.165, 1.54) is 57.8 Å². The lowest BCUT2D eigenvalue weighted by molar-refractivity contribution is -0.264. The van der Waals surface area contributed by atoms with Crippen LogP contribution in [-0.2, 0) is 0 Å². The summed E-state index contributed by atoms with van der Waals surface area (Å²) in [5.41, 5.74) is 1.45. The van der Waals surface area contributed by atoms with E-state index in [4.69, 9.17) is 0 Å². The molecule has 0 bridgehead atoms. The molecule has 13 unspecified atom stereocenters. The highest BCUT2D eigenvalue weighted by Crippen LogP contribution is 2.76. The van der Waals surface area contributed by atoms with Crippen LogP contribution in [0.25, 0.3) is 0 Å². The zero-order valence-corrected chi connectivity index (χ0v) is 28.7. The Bertz CT molecular complexity index is 846. The largest absolute Gasteiger partial charge is 0.0625 e. The van der Waals surface area contributed by atoms with Gasteiger partial charge < -0.3 is 0 Å². The van der Waals surface area contributed by atoms with Gasteiger partial charge in [-0.15, -0.1) is 0 Å². The van der Waals surface area contributed by atoms with Crippen LogP contribution in [0.4, 0.5) is 0 Å². The minimum absolute atomic E-state index is 0.456. The zero-order valence-electron chi connectivity index (χ0n) is 28.7. The van der Waals surface area contributed by atoms with Crippen molar-refractivity contribution < 1.29 is 0 Å². The summed E-state index contributed by atoms with van der Waals surface area (Å²) < 4.78 is 0. The van der Waals surface area contributed by atoms with E-state index in [2.05, 4.69) is 83.1 Å². The third-order valence-corrected chi connectivity index (χ3v) is 16.3. The van der Waals surface area contributed by atoms with E-state index in [1.807, 2.05) is 0 Å². The van der Waals surface area contributed by atoms with Crippen molar-refractivity contribution in [2.24, 2.45) is 99.1 Å². The van der Waals surface area contributed by atoms with Crippen LogP contribution in [0.2, 0.25) is 0 Å². The lowest BCUT2D eigenvalue weighted by Gasteiger charge is -2.74. The van der Waals surface area contributed by atoms with Gasteiger partial charge in [-0.25, -0.2) is 0 Å². The third kappa shape index (κ3) is 4.55. The summed E-state index contributed by atoms with van der Waals surface area (Å²) in [6.45, 7) is 32.1. The van der Waals surface area contributed by atoms with Crippen LogP contribution in [0.15, 0.2) is 0 Å². The summed E-state index contributed by atoms with van der Waals surface area (Å²) in [6.07, 6.45) is 15.1. The third-order valence-electron chi connectivity index (χ3n) is 16.3. The molecule has 5 rings (SSSR count). The van der Waals surface area contributed by atoms with Gasteiger partial charge in [-0.05, 0) is 138 Å². The highest BCUT2D eigenvalue weighted by molar-refractivity contribution is 5.18. The fourth-order valence-corrected chi connectivity index (χ4v) is 14.8. The minimum atomic E-state index is 0.456. The molecule has 5 fully saturated rings. The first-order valence-electron chi connectivity index (χ1n) is 18.2. The molecule has 13 atom stereocenters. The summed E-state index contributed by atoms with van der Waals surface area (Å²) in [5, 5.41) is 0. The minimum Gasteiger partial charge on any atom is -0.0625 e. The van der Waals surface area contributed by atoms with Crippen molar-refractivity contribution in [2.75, 3.05) is 0 Å². The average molecular weight is 539 g/mol. The van der Waals surface area contributed by atoms with Gasteiger partial charge in [0.1, 0.15) is 0 Å². The molecule has 39 heavy (non-hydrogen) atoms. The predicted molar refractivity (Wildman–Crippen MR) is 170 cm³/mol. The molecule has 0 nitrogen and oxygen atoms in total. The molecule has 0 aliphatic heterocycles. The molecule has 0 radical (unpaired) electrons. The molecule has 5 aliphatic carbocycles. The van der Waals surface area contributed by atoms with Crippen molar-refractivity contribution >= 4 is 0 Å². The molecule has 0 saturated heterocycles. The molecule has 0 spiro atoms. The second kappa shape index (κ2) is 10.6. The Labute approximate surface area is 246 Å². The topological polar surface area (TPSA) is 0 Å². The summed E-state index contributed by atoms with van der Waals surface area (Å²) in [5.74, 6) is 12.7. The average Bonchev–Trinajstić information content (AvgIpc) is 2.84. The predicted octanol–water partition coefficient (Wildman–Crippen LogP) is 11.8. The molecule has 0 N–H and O–H groups in total. The highest BCUT2D eigenvalue weighted by atomic mass is 14.7. The molecule has 0 aromatic heterocycles. The fourth-order valence-electron chi connectivity index (χ4n) is 14.8. The van der Waals surface area contributed by atoms with Crippen molar-refractivity contribution in [3.63, 3.8) is 0 Å². The van der Waals surface area contributed by atoms with Gasteiger partial charge in [0.25, 0.3) is 0 Å². The maximum Gasteiger partial charge on any atom is -0.0215 e. The van der Waals surface area contributed by atoms with Crippen molar-refractivity contribution in [1.29, 1.82) is 0 Å². The van der Waals surface area contributed by atoms with Gasteiger partial charge in [0, 0.05) is 0 Å². The van der Waals surface area contributed by atoms with Gasteiger partial charge in [-0.1, -0.05) is 109 Å². The number of hydrogen-bond acceptors (Lipinski definition) is 0. The second-order valence-corrected chi connectivity index (χ2v) is 18.5. The van der Waals surface area contributed by atoms with Crippen molar-refractivity contribution in [3.05, 3.63) is 0 Å². The summed E-state index contributed by atoms with van der Waals surface area (Å²) in [7, 11) is 0. The first kappa shape index (κ1) is 30.5. The quantitative estimate of drug-likeness (QED) is 0.334. The number of rotatable bonds is 4. The Kier molecular flexibility index (Phi) is 8.29. The summed E-state index contributed by atoms with van der Waals surface area (Å²) in [4.78, 5) is 0. The van der Waals surface area contributed by atoms with Gasteiger partial charge in [-0.3, -0.25) is 0 Å². The molecule has 0 heterocycles. The van der Waals surface area contributed by atoms with E-state index in [9.17, 15) is 0 Å². The van der Waals surface area contributed by atoms with Crippen LogP contribution in [0, 0.1) is 99.1 Å². The summed E-state index contributed by atoms with van der Waals surface area (Å²) in [6, 6.07) is 0. The standard InChI is InChI=1S/C39H70/c1-23(2)31-18-16-30(17-19-31)20-33-32-15-13-14-25(5)35(32)27(7)36-29(9)39(12)28(8)34(24(3)4)26(6)21-37(39,10)22-38(33,36)11/h23-36H,13-22H2,1-12H3. The molecule has 5 aliphatic rings. The Morgan fingerprint density at radius 1 is 0.718 bits per heavy atom. The Morgan fingerprint density at radius 3 is 1.95 bits per heavy atom. The van der Waals surface area contributed by atoms with Crippen LogP contribution >= 0.6 is 0 Å². The van der Waals surface area contributed by atoms with E-state index in [0.29, 0.717) is 16.2 Å². The SMILES string of the molecule is CC(C)C1CCC(CC2C3CCCC(C)C3C(C)C3C(C)C4(C)C(C)C(C(C)C)C(C)CC4(C)CC23C)CC1. The van der Waals surface area contributed by atoms with E-state index < -0.39 is 0 Å². The van der Waals surface area contributed by atoms with Crippen molar-refractivity contribution in [1.82, 2.24) is 0 Å². The van der Waals surface area contributed by atoms with Gasteiger partial charge in [0.05, 0.1) is 0 Å².